The minimum atomic E-state index is -0.170. The van der Waals surface area contributed by atoms with E-state index in [0.29, 0.717) is 19.6 Å². The predicted molar refractivity (Wildman–Crippen MR) is 81.0 cm³/mol. The number of ether oxygens (including phenoxy) is 2. The van der Waals surface area contributed by atoms with Gasteiger partial charge in [-0.05, 0) is 30.4 Å². The van der Waals surface area contributed by atoms with Gasteiger partial charge < -0.3 is 9.47 Å². The molecule has 19 heavy (non-hydrogen) atoms. The molecule has 0 aliphatic carbocycles. The maximum absolute atomic E-state index is 5.54. The summed E-state index contributed by atoms with van der Waals surface area (Å²) in [6.45, 7) is 9.75. The smallest absolute Gasteiger partial charge is 0.0553 e. The Labute approximate surface area is 118 Å². The molecule has 2 heteroatoms. The van der Waals surface area contributed by atoms with Gasteiger partial charge in [0.1, 0.15) is 0 Å². The van der Waals surface area contributed by atoms with E-state index < -0.39 is 0 Å². The van der Waals surface area contributed by atoms with E-state index >= 15 is 0 Å². The highest BCUT2D eigenvalue weighted by Gasteiger charge is 2.33. The van der Waals surface area contributed by atoms with Crippen molar-refractivity contribution in [3.63, 3.8) is 0 Å². The van der Waals surface area contributed by atoms with Crippen molar-refractivity contribution in [2.45, 2.75) is 40.5 Å². The lowest BCUT2D eigenvalue weighted by molar-refractivity contribution is 0.0110. The van der Waals surface area contributed by atoms with Crippen molar-refractivity contribution in [2.24, 2.45) is 10.8 Å². The van der Waals surface area contributed by atoms with E-state index in [1.54, 1.807) is 14.2 Å². The van der Waals surface area contributed by atoms with Crippen LogP contribution in [-0.4, -0.2) is 27.4 Å². The predicted octanol–water partition coefficient (Wildman–Crippen LogP) is 3.83. The zero-order chi connectivity index (χ0) is 14.9. The van der Waals surface area contributed by atoms with Crippen LogP contribution >= 0.6 is 0 Å². The fourth-order valence-corrected chi connectivity index (χ4v) is 2.22. The first-order valence-electron chi connectivity index (χ1n) is 6.67. The van der Waals surface area contributed by atoms with Crippen LogP contribution in [-0.2, 0) is 9.47 Å². The molecule has 0 rings (SSSR count). The highest BCUT2D eigenvalue weighted by atomic mass is 16.5. The molecule has 0 fully saturated rings. The molecule has 0 aromatic heterocycles. The highest BCUT2D eigenvalue weighted by Crippen LogP contribution is 2.38. The summed E-state index contributed by atoms with van der Waals surface area (Å²) < 4.78 is 10.8. The van der Waals surface area contributed by atoms with Crippen LogP contribution in [0.2, 0.25) is 0 Å². The minimum Gasteiger partial charge on any atom is -0.384 e. The quantitative estimate of drug-likeness (QED) is 0.514. The molecule has 108 valence electrons. The summed E-state index contributed by atoms with van der Waals surface area (Å²) >= 11 is 0. The first kappa shape index (κ1) is 18.0. The molecular formula is C17H28O2. The Hall–Kier alpha value is -1.00. The van der Waals surface area contributed by atoms with Gasteiger partial charge >= 0.3 is 0 Å². The average Bonchev–Trinajstić information content (AvgIpc) is 2.28. The Morgan fingerprint density at radius 1 is 1.16 bits per heavy atom. The largest absolute Gasteiger partial charge is 0.384 e. The molecule has 0 amide bonds. The van der Waals surface area contributed by atoms with E-state index in [9.17, 15) is 0 Å². The Balaban J connectivity index is 5.39. The van der Waals surface area contributed by atoms with Gasteiger partial charge in [0.25, 0.3) is 0 Å². The van der Waals surface area contributed by atoms with Gasteiger partial charge in [-0.3, -0.25) is 0 Å². The van der Waals surface area contributed by atoms with Crippen LogP contribution in [0.1, 0.15) is 40.5 Å². The molecule has 0 aliphatic rings. The maximum atomic E-state index is 5.54. The van der Waals surface area contributed by atoms with Crippen molar-refractivity contribution in [2.75, 3.05) is 27.4 Å². The molecule has 0 saturated carbocycles. The average molecular weight is 264 g/mol. The fourth-order valence-electron chi connectivity index (χ4n) is 2.22. The molecule has 0 N–H and O–H groups in total. The third-order valence-electron chi connectivity index (χ3n) is 3.15. The van der Waals surface area contributed by atoms with Crippen molar-refractivity contribution < 1.29 is 9.47 Å². The fraction of sp³-hybridized carbons (Fsp3) is 0.706. The van der Waals surface area contributed by atoms with E-state index in [2.05, 4.69) is 32.4 Å². The van der Waals surface area contributed by atoms with E-state index in [-0.39, 0.29) is 10.8 Å². The van der Waals surface area contributed by atoms with Gasteiger partial charge in [0.15, 0.2) is 0 Å². The molecule has 0 aromatic carbocycles. The van der Waals surface area contributed by atoms with Crippen LogP contribution in [0.25, 0.3) is 0 Å². The van der Waals surface area contributed by atoms with Crippen LogP contribution in [0.4, 0.5) is 0 Å². The third kappa shape index (κ3) is 6.12. The molecule has 0 bridgehead atoms. The van der Waals surface area contributed by atoms with Gasteiger partial charge in [-0.1, -0.05) is 20.8 Å². The van der Waals surface area contributed by atoms with Crippen molar-refractivity contribution in [3.05, 3.63) is 17.4 Å². The van der Waals surface area contributed by atoms with Crippen molar-refractivity contribution in [1.82, 2.24) is 0 Å². The third-order valence-corrected chi connectivity index (χ3v) is 3.15. The Morgan fingerprint density at radius 3 is 2.00 bits per heavy atom. The second-order valence-electron chi connectivity index (χ2n) is 6.09. The lowest BCUT2D eigenvalue weighted by Gasteiger charge is -2.34. The van der Waals surface area contributed by atoms with E-state index in [1.807, 2.05) is 13.0 Å². The highest BCUT2D eigenvalue weighted by molar-refractivity contribution is 5.14. The number of rotatable bonds is 7. The molecule has 0 aliphatic heterocycles. The van der Waals surface area contributed by atoms with E-state index in [0.717, 1.165) is 6.42 Å². The molecule has 0 unspecified atom stereocenters. The zero-order valence-electron chi connectivity index (χ0n) is 13.3. The van der Waals surface area contributed by atoms with Crippen molar-refractivity contribution in [1.29, 1.82) is 0 Å². The second-order valence-corrected chi connectivity index (χ2v) is 6.09. The molecule has 0 saturated heterocycles. The summed E-state index contributed by atoms with van der Waals surface area (Å²) in [5, 5.41) is 0. The van der Waals surface area contributed by atoms with Gasteiger partial charge in [-0.15, -0.1) is 18.1 Å². The maximum Gasteiger partial charge on any atom is 0.0553 e. The topological polar surface area (TPSA) is 18.5 Å². The van der Waals surface area contributed by atoms with Gasteiger partial charge in [-0.2, -0.15) is 0 Å². The minimum absolute atomic E-state index is 0.0633. The molecule has 2 nitrogen and oxygen atoms in total. The summed E-state index contributed by atoms with van der Waals surface area (Å²) in [4.78, 5) is 0. The molecule has 0 heterocycles. The standard InChI is InChI=1S/C17H28O2/c1-8-10-15(16(3,4)5)12-17(11-9-2,13-18-6)14-19-7/h2,8H,11-14H2,1,3-7H3. The van der Waals surface area contributed by atoms with Crippen LogP contribution < -0.4 is 0 Å². The Kier molecular flexibility index (Phi) is 7.79. The van der Waals surface area contributed by atoms with E-state index in [1.165, 1.54) is 5.57 Å². The molecule has 0 radical (unpaired) electrons. The van der Waals surface area contributed by atoms with Gasteiger partial charge in [0.05, 0.1) is 13.2 Å². The molecule has 0 atom stereocenters. The number of methoxy groups -OCH3 is 2. The summed E-state index contributed by atoms with van der Waals surface area (Å²) in [6, 6.07) is 0. The molecular weight excluding hydrogens is 236 g/mol. The first-order chi connectivity index (χ1) is 8.85. The van der Waals surface area contributed by atoms with Crippen molar-refractivity contribution >= 4 is 0 Å². The first-order valence-corrected chi connectivity index (χ1v) is 6.67. The summed E-state index contributed by atoms with van der Waals surface area (Å²) in [6.07, 6.45) is 8.97. The SMILES string of the molecule is C#CCC(COC)(COC)CC(=C=CC)C(C)(C)C. The summed E-state index contributed by atoms with van der Waals surface area (Å²) in [5.41, 5.74) is 4.51. The van der Waals surface area contributed by atoms with Crippen LogP contribution in [0.3, 0.4) is 0 Å². The van der Waals surface area contributed by atoms with E-state index in [4.69, 9.17) is 15.9 Å². The number of allylic oxidation sites excluding steroid dienone is 1. The summed E-state index contributed by atoms with van der Waals surface area (Å²) in [7, 11) is 3.41. The lowest BCUT2D eigenvalue weighted by atomic mass is 9.73. The van der Waals surface area contributed by atoms with Crippen LogP contribution in [0, 0.1) is 23.2 Å². The van der Waals surface area contributed by atoms with Crippen LogP contribution in [0.15, 0.2) is 17.4 Å². The normalized spacial score (nSPS) is 11.6. The number of hydrogen-bond donors (Lipinski definition) is 0. The van der Waals surface area contributed by atoms with Crippen LogP contribution in [0.5, 0.6) is 0 Å². The Bertz CT molecular complexity index is 354. The van der Waals surface area contributed by atoms with Gasteiger partial charge in [0, 0.05) is 26.1 Å². The van der Waals surface area contributed by atoms with Gasteiger partial charge in [0.2, 0.25) is 0 Å². The lowest BCUT2D eigenvalue weighted by Crippen LogP contribution is -2.33. The molecule has 0 aromatic rings. The number of hydrogen-bond acceptors (Lipinski definition) is 2. The number of terminal acetylenes is 1. The second kappa shape index (κ2) is 8.23. The van der Waals surface area contributed by atoms with Gasteiger partial charge in [-0.25, -0.2) is 0 Å². The van der Waals surface area contributed by atoms with Crippen molar-refractivity contribution in [3.8, 4) is 12.3 Å². The Morgan fingerprint density at radius 2 is 1.68 bits per heavy atom. The molecule has 0 spiro atoms. The zero-order valence-corrected chi connectivity index (χ0v) is 13.3. The monoisotopic (exact) mass is 264 g/mol. The summed E-state index contributed by atoms with van der Waals surface area (Å²) in [5.74, 6) is 2.77.